The fourth-order valence-electron chi connectivity index (χ4n) is 3.11. The Morgan fingerprint density at radius 3 is 2.55 bits per heavy atom. The number of benzene rings is 2. The molecule has 0 heterocycles. The third-order valence-electron chi connectivity index (χ3n) is 4.66. The van der Waals surface area contributed by atoms with Gasteiger partial charge in [-0.3, -0.25) is 14.5 Å². The number of carbonyl (C=O) groups is 2. The van der Waals surface area contributed by atoms with Gasteiger partial charge in [-0.1, -0.05) is 18.2 Å². The van der Waals surface area contributed by atoms with Gasteiger partial charge in [-0.2, -0.15) is 0 Å². The normalized spacial score (nSPS) is 13.1. The van der Waals surface area contributed by atoms with Crippen LogP contribution in [0, 0.1) is 0 Å². The summed E-state index contributed by atoms with van der Waals surface area (Å²) in [6.45, 7) is 0.719. The van der Waals surface area contributed by atoms with Crippen LogP contribution in [0.3, 0.4) is 0 Å². The minimum absolute atomic E-state index is 0.106. The molecule has 154 valence electrons. The first kappa shape index (κ1) is 20.7. The van der Waals surface area contributed by atoms with E-state index in [-0.39, 0.29) is 18.4 Å². The topological polar surface area (TPSA) is 79.9 Å². The van der Waals surface area contributed by atoms with Crippen molar-refractivity contribution in [2.24, 2.45) is 0 Å². The molecule has 2 amide bonds. The Hall–Kier alpha value is -3.06. The average Bonchev–Trinajstić information content (AvgIpc) is 3.51. The smallest absolute Gasteiger partial charge is 0.251 e. The van der Waals surface area contributed by atoms with Gasteiger partial charge in [0.1, 0.15) is 0 Å². The van der Waals surface area contributed by atoms with E-state index in [1.807, 2.05) is 30.1 Å². The van der Waals surface area contributed by atoms with Crippen molar-refractivity contribution in [1.29, 1.82) is 0 Å². The van der Waals surface area contributed by atoms with Crippen LogP contribution in [0.5, 0.6) is 11.5 Å². The third-order valence-corrected chi connectivity index (χ3v) is 4.66. The largest absolute Gasteiger partial charge is 0.493 e. The Morgan fingerprint density at radius 2 is 1.86 bits per heavy atom. The van der Waals surface area contributed by atoms with Gasteiger partial charge in [0.05, 0.1) is 20.8 Å². The summed E-state index contributed by atoms with van der Waals surface area (Å²) in [5.74, 6) is 1.06. The maximum absolute atomic E-state index is 12.5. The summed E-state index contributed by atoms with van der Waals surface area (Å²) in [4.78, 5) is 26.5. The highest BCUT2D eigenvalue weighted by Gasteiger charge is 2.23. The van der Waals surface area contributed by atoms with E-state index in [9.17, 15) is 9.59 Å². The summed E-state index contributed by atoms with van der Waals surface area (Å²) in [6.07, 6.45) is 2.07. The van der Waals surface area contributed by atoms with E-state index < -0.39 is 0 Å². The maximum Gasteiger partial charge on any atom is 0.251 e. The lowest BCUT2D eigenvalue weighted by Gasteiger charge is -2.19. The van der Waals surface area contributed by atoms with Gasteiger partial charge in [-0.05, 0) is 44.2 Å². The van der Waals surface area contributed by atoms with Crippen LogP contribution in [0.2, 0.25) is 0 Å². The molecule has 2 N–H and O–H groups in total. The summed E-state index contributed by atoms with van der Waals surface area (Å²) < 4.78 is 10.8. The molecule has 0 aliphatic heterocycles. The maximum atomic E-state index is 12.5. The lowest BCUT2D eigenvalue weighted by Crippen LogP contribution is -2.30. The first-order valence-corrected chi connectivity index (χ1v) is 9.59. The zero-order valence-corrected chi connectivity index (χ0v) is 17.0. The number of rotatable bonds is 9. The second-order valence-electron chi connectivity index (χ2n) is 7.20. The fraction of sp³-hybridized carbons (Fsp3) is 0.364. The van der Waals surface area contributed by atoms with E-state index in [0.29, 0.717) is 35.3 Å². The number of methoxy groups -OCH3 is 2. The lowest BCUT2D eigenvalue weighted by atomic mass is 10.1. The Labute approximate surface area is 171 Å². The quantitative estimate of drug-likeness (QED) is 0.680. The molecule has 2 aromatic carbocycles. The van der Waals surface area contributed by atoms with E-state index >= 15 is 0 Å². The average molecular weight is 397 g/mol. The number of amides is 2. The molecule has 1 aliphatic carbocycles. The van der Waals surface area contributed by atoms with Gasteiger partial charge >= 0.3 is 0 Å². The fourth-order valence-corrected chi connectivity index (χ4v) is 3.11. The summed E-state index contributed by atoms with van der Waals surface area (Å²) in [5.41, 5.74) is 2.08. The molecule has 0 spiro atoms. The predicted octanol–water partition coefficient (Wildman–Crippen LogP) is 2.67. The molecule has 1 aliphatic rings. The minimum atomic E-state index is -0.158. The second-order valence-corrected chi connectivity index (χ2v) is 7.20. The molecule has 1 fully saturated rings. The van der Waals surface area contributed by atoms with E-state index in [2.05, 4.69) is 10.6 Å². The van der Waals surface area contributed by atoms with Crippen LogP contribution < -0.4 is 20.1 Å². The second kappa shape index (κ2) is 9.43. The number of nitrogens with one attached hydrogen (secondary N) is 2. The molecule has 7 nitrogen and oxygen atoms in total. The van der Waals surface area contributed by atoms with Crippen molar-refractivity contribution in [1.82, 2.24) is 10.2 Å². The molecule has 1 saturated carbocycles. The Morgan fingerprint density at radius 1 is 1.10 bits per heavy atom. The van der Waals surface area contributed by atoms with Crippen LogP contribution in [-0.2, 0) is 11.3 Å². The summed E-state index contributed by atoms with van der Waals surface area (Å²) in [6, 6.07) is 12.9. The molecule has 0 aromatic heterocycles. The highest BCUT2D eigenvalue weighted by Crippen LogP contribution is 2.31. The number of carbonyl (C=O) groups excluding carboxylic acids is 2. The number of anilines is 1. The molecule has 0 bridgehead atoms. The first-order valence-electron chi connectivity index (χ1n) is 9.59. The molecule has 29 heavy (non-hydrogen) atoms. The Kier molecular flexibility index (Phi) is 6.72. The van der Waals surface area contributed by atoms with Crippen molar-refractivity contribution < 1.29 is 19.1 Å². The molecule has 0 radical (unpaired) electrons. The number of nitrogens with zero attached hydrogens (tertiary/aromatic N) is 1. The number of para-hydroxylation sites is 1. The Balaban J connectivity index is 1.57. The SMILES string of the molecule is COc1cccc(CN(C)CC(=O)Nc2cccc(C(=O)NC3CC3)c2)c1OC. The standard InChI is InChI=1S/C22H27N3O4/c1-25(13-16-7-5-9-19(28-2)21(16)29-3)14-20(26)23-18-8-4-6-15(12-18)22(27)24-17-10-11-17/h4-9,12,17H,10-11,13-14H2,1-3H3,(H,23,26)(H,24,27). The predicted molar refractivity (Wildman–Crippen MR) is 111 cm³/mol. The van der Waals surface area contributed by atoms with Gasteiger partial charge < -0.3 is 20.1 Å². The lowest BCUT2D eigenvalue weighted by molar-refractivity contribution is -0.117. The summed E-state index contributed by atoms with van der Waals surface area (Å²) in [5, 5.41) is 5.81. The van der Waals surface area contributed by atoms with Crippen molar-refractivity contribution in [2.75, 3.05) is 33.1 Å². The molecule has 2 aromatic rings. The van der Waals surface area contributed by atoms with Crippen molar-refractivity contribution in [2.45, 2.75) is 25.4 Å². The summed E-state index contributed by atoms with van der Waals surface area (Å²) >= 11 is 0. The molecular formula is C22H27N3O4. The minimum Gasteiger partial charge on any atom is -0.493 e. The number of hydrogen-bond donors (Lipinski definition) is 2. The van der Waals surface area contributed by atoms with Gasteiger partial charge in [-0.25, -0.2) is 0 Å². The van der Waals surface area contributed by atoms with Gasteiger partial charge in [0, 0.05) is 29.4 Å². The highest BCUT2D eigenvalue weighted by atomic mass is 16.5. The molecule has 0 atom stereocenters. The molecule has 0 unspecified atom stereocenters. The number of hydrogen-bond acceptors (Lipinski definition) is 5. The van der Waals surface area contributed by atoms with Crippen molar-refractivity contribution in [3.8, 4) is 11.5 Å². The van der Waals surface area contributed by atoms with Crippen LogP contribution in [0.25, 0.3) is 0 Å². The van der Waals surface area contributed by atoms with Gasteiger partial charge in [0.2, 0.25) is 5.91 Å². The van der Waals surface area contributed by atoms with Gasteiger partial charge in [-0.15, -0.1) is 0 Å². The molecule has 0 saturated heterocycles. The van der Waals surface area contributed by atoms with Crippen LogP contribution in [0.1, 0.15) is 28.8 Å². The molecular weight excluding hydrogens is 370 g/mol. The molecule has 7 heteroatoms. The van der Waals surface area contributed by atoms with Gasteiger partial charge in [0.15, 0.2) is 11.5 Å². The molecule has 3 rings (SSSR count). The monoisotopic (exact) mass is 397 g/mol. The van der Waals surface area contributed by atoms with Crippen LogP contribution >= 0.6 is 0 Å². The Bertz CT molecular complexity index is 880. The van der Waals surface area contributed by atoms with E-state index in [1.165, 1.54) is 0 Å². The first-order chi connectivity index (χ1) is 14.0. The van der Waals surface area contributed by atoms with Crippen molar-refractivity contribution in [3.05, 3.63) is 53.6 Å². The highest BCUT2D eigenvalue weighted by molar-refractivity contribution is 5.97. The van der Waals surface area contributed by atoms with E-state index in [0.717, 1.165) is 18.4 Å². The number of ether oxygens (including phenoxy) is 2. The van der Waals surface area contributed by atoms with Crippen LogP contribution in [0.4, 0.5) is 5.69 Å². The zero-order chi connectivity index (χ0) is 20.8. The number of likely N-dealkylation sites (N-methyl/N-ethyl adjacent to an activating group) is 1. The summed E-state index contributed by atoms with van der Waals surface area (Å²) in [7, 11) is 5.05. The van der Waals surface area contributed by atoms with E-state index in [4.69, 9.17) is 9.47 Å². The van der Waals surface area contributed by atoms with E-state index in [1.54, 1.807) is 38.5 Å². The van der Waals surface area contributed by atoms with Crippen molar-refractivity contribution in [3.63, 3.8) is 0 Å². The van der Waals surface area contributed by atoms with Crippen LogP contribution in [-0.4, -0.2) is 50.6 Å². The zero-order valence-electron chi connectivity index (χ0n) is 17.0. The van der Waals surface area contributed by atoms with Crippen LogP contribution in [0.15, 0.2) is 42.5 Å². The van der Waals surface area contributed by atoms with Crippen molar-refractivity contribution >= 4 is 17.5 Å². The third kappa shape index (κ3) is 5.71. The van der Waals surface area contributed by atoms with Gasteiger partial charge in [0.25, 0.3) is 5.91 Å².